The van der Waals surface area contributed by atoms with Crippen molar-refractivity contribution < 1.29 is 26.7 Å². The lowest BCUT2D eigenvalue weighted by Crippen LogP contribution is -2.14. The lowest BCUT2D eigenvalue weighted by molar-refractivity contribution is -0.139. The molecule has 0 spiro atoms. The predicted octanol–water partition coefficient (Wildman–Crippen LogP) is 1.87. The van der Waals surface area contributed by atoms with Crippen LogP contribution in [-0.4, -0.2) is 21.3 Å². The summed E-state index contributed by atoms with van der Waals surface area (Å²) >= 11 is 0. The van der Waals surface area contributed by atoms with Crippen molar-refractivity contribution >= 4 is 5.91 Å². The van der Waals surface area contributed by atoms with Crippen LogP contribution in [0.15, 0.2) is 12.1 Å². The number of nitrogens with one attached hydrogen (secondary N) is 1. The maximum Gasteiger partial charge on any atom is 0.419 e. The van der Waals surface area contributed by atoms with Gasteiger partial charge < -0.3 is 5.73 Å². The Balaban J connectivity index is 2.74. The minimum absolute atomic E-state index is 0.248. The minimum atomic E-state index is -5.02. The molecule has 5 nitrogen and oxygen atoms in total. The van der Waals surface area contributed by atoms with E-state index in [1.807, 2.05) is 5.21 Å². The molecule has 20 heavy (non-hydrogen) atoms. The van der Waals surface area contributed by atoms with Crippen LogP contribution in [-0.2, 0) is 6.18 Å². The molecule has 0 radical (unpaired) electrons. The molecular formula is C10H5F5N4O. The van der Waals surface area contributed by atoms with Gasteiger partial charge in [-0.25, -0.2) is 8.78 Å². The maximum absolute atomic E-state index is 13.8. The number of amides is 1. The Hall–Kier alpha value is -2.52. The molecule has 1 heterocycles. The van der Waals surface area contributed by atoms with Crippen LogP contribution in [0.4, 0.5) is 22.0 Å². The largest absolute Gasteiger partial charge is 0.419 e. The Labute approximate surface area is 107 Å². The summed E-state index contributed by atoms with van der Waals surface area (Å²) in [6, 6.07) is 0.666. The molecule has 10 heteroatoms. The average Bonchev–Trinajstić information content (AvgIpc) is 2.76. The molecule has 0 atom stereocenters. The van der Waals surface area contributed by atoms with Gasteiger partial charge in [-0.15, -0.1) is 0 Å². The number of nitrogens with two attached hydrogens (primary N) is 1. The molecule has 0 unspecified atom stereocenters. The van der Waals surface area contributed by atoms with E-state index in [0.717, 1.165) is 0 Å². The molecule has 0 fully saturated rings. The van der Waals surface area contributed by atoms with Crippen LogP contribution in [0.2, 0.25) is 0 Å². The number of alkyl halides is 3. The number of hydrogen-bond acceptors (Lipinski definition) is 3. The number of benzene rings is 1. The van der Waals surface area contributed by atoms with Gasteiger partial charge in [0, 0.05) is 0 Å². The van der Waals surface area contributed by atoms with Crippen LogP contribution in [0, 0.1) is 11.6 Å². The average molecular weight is 292 g/mol. The van der Waals surface area contributed by atoms with Gasteiger partial charge in [0.15, 0.2) is 5.69 Å². The molecule has 2 rings (SSSR count). The first-order chi connectivity index (χ1) is 9.23. The lowest BCUT2D eigenvalue weighted by atomic mass is 10.0. The van der Waals surface area contributed by atoms with Crippen molar-refractivity contribution in [1.29, 1.82) is 0 Å². The van der Waals surface area contributed by atoms with Gasteiger partial charge in [0.25, 0.3) is 5.91 Å². The Kier molecular flexibility index (Phi) is 3.16. The summed E-state index contributed by atoms with van der Waals surface area (Å²) in [5.41, 5.74) is 0.693. The van der Waals surface area contributed by atoms with E-state index >= 15 is 0 Å². The van der Waals surface area contributed by atoms with Crippen molar-refractivity contribution in [3.8, 4) is 11.3 Å². The quantitative estimate of drug-likeness (QED) is 0.829. The Bertz CT molecular complexity index is 679. The van der Waals surface area contributed by atoms with Crippen molar-refractivity contribution in [2.45, 2.75) is 6.18 Å². The first kappa shape index (κ1) is 13.9. The zero-order valence-electron chi connectivity index (χ0n) is 9.42. The fraction of sp³-hybridized carbons (Fsp3) is 0.100. The van der Waals surface area contributed by atoms with Gasteiger partial charge in [-0.1, -0.05) is 0 Å². The van der Waals surface area contributed by atoms with E-state index in [1.165, 1.54) is 0 Å². The van der Waals surface area contributed by atoms with Crippen molar-refractivity contribution in [2.75, 3.05) is 0 Å². The van der Waals surface area contributed by atoms with Crippen molar-refractivity contribution in [2.24, 2.45) is 5.73 Å². The number of carbonyl (C=O) groups excluding carboxylic acids is 1. The number of carbonyl (C=O) groups is 1. The summed E-state index contributed by atoms with van der Waals surface area (Å²) in [6.07, 6.45) is -5.02. The maximum atomic E-state index is 13.8. The summed E-state index contributed by atoms with van der Waals surface area (Å²) in [5.74, 6) is -4.41. The normalized spacial score (nSPS) is 11.7. The third-order valence-corrected chi connectivity index (χ3v) is 2.41. The standard InChI is InChI=1S/C10H5F5N4O/c11-4-2-1-3(10(13,14)15)6(12)5(4)7-8(9(16)20)18-19-17-7/h1-2H,(H2,16,20)(H,17,18,19). The smallest absolute Gasteiger partial charge is 0.364 e. The molecule has 0 aliphatic heterocycles. The fourth-order valence-electron chi connectivity index (χ4n) is 1.57. The molecule has 0 saturated carbocycles. The predicted molar refractivity (Wildman–Crippen MR) is 55.3 cm³/mol. The van der Waals surface area contributed by atoms with Crippen LogP contribution in [0.3, 0.4) is 0 Å². The fourth-order valence-corrected chi connectivity index (χ4v) is 1.57. The van der Waals surface area contributed by atoms with Gasteiger partial charge in [-0.05, 0) is 12.1 Å². The molecule has 0 bridgehead atoms. The highest BCUT2D eigenvalue weighted by atomic mass is 19.4. The first-order valence-corrected chi connectivity index (χ1v) is 4.99. The number of primary amides is 1. The first-order valence-electron chi connectivity index (χ1n) is 4.99. The molecule has 3 N–H and O–H groups in total. The summed E-state index contributed by atoms with van der Waals surface area (Å²) in [5, 5.41) is 8.38. The highest BCUT2D eigenvalue weighted by molar-refractivity contribution is 5.96. The second kappa shape index (κ2) is 4.54. The lowest BCUT2D eigenvalue weighted by Gasteiger charge is -2.11. The summed E-state index contributed by atoms with van der Waals surface area (Å²) < 4.78 is 65.1. The Morgan fingerprint density at radius 2 is 1.85 bits per heavy atom. The third-order valence-electron chi connectivity index (χ3n) is 2.41. The van der Waals surface area contributed by atoms with Crippen molar-refractivity contribution in [1.82, 2.24) is 15.4 Å². The summed E-state index contributed by atoms with van der Waals surface area (Å²) in [4.78, 5) is 11.0. The van der Waals surface area contributed by atoms with E-state index in [-0.39, 0.29) is 6.07 Å². The van der Waals surface area contributed by atoms with Crippen LogP contribution in [0.5, 0.6) is 0 Å². The molecule has 2 aromatic rings. The third kappa shape index (κ3) is 2.19. The topological polar surface area (TPSA) is 84.7 Å². The Morgan fingerprint density at radius 3 is 2.40 bits per heavy atom. The van der Waals surface area contributed by atoms with E-state index < -0.39 is 46.2 Å². The van der Waals surface area contributed by atoms with Crippen LogP contribution < -0.4 is 5.73 Å². The minimum Gasteiger partial charge on any atom is -0.364 e. The van der Waals surface area contributed by atoms with Gasteiger partial charge in [0.2, 0.25) is 0 Å². The summed E-state index contributed by atoms with van der Waals surface area (Å²) in [6.45, 7) is 0. The molecule has 0 aliphatic carbocycles. The van der Waals surface area contributed by atoms with Gasteiger partial charge in [-0.2, -0.15) is 28.6 Å². The number of nitrogens with zero attached hydrogens (tertiary/aromatic N) is 2. The number of hydrogen-bond donors (Lipinski definition) is 2. The van der Waals surface area contributed by atoms with E-state index in [4.69, 9.17) is 5.73 Å². The van der Waals surface area contributed by atoms with Gasteiger partial charge in [0.05, 0.1) is 11.1 Å². The van der Waals surface area contributed by atoms with Crippen LogP contribution in [0.1, 0.15) is 16.1 Å². The van der Waals surface area contributed by atoms with Gasteiger partial charge in [-0.3, -0.25) is 4.79 Å². The zero-order chi connectivity index (χ0) is 15.1. The monoisotopic (exact) mass is 292 g/mol. The van der Waals surface area contributed by atoms with Crippen LogP contribution in [0.25, 0.3) is 11.3 Å². The number of H-pyrrole nitrogens is 1. The van der Waals surface area contributed by atoms with Crippen LogP contribution >= 0.6 is 0 Å². The molecular weight excluding hydrogens is 287 g/mol. The van der Waals surface area contributed by atoms with E-state index in [1.54, 1.807) is 0 Å². The molecule has 0 aliphatic rings. The zero-order valence-corrected chi connectivity index (χ0v) is 9.42. The molecule has 1 amide bonds. The second-order valence-electron chi connectivity index (χ2n) is 3.67. The van der Waals surface area contributed by atoms with Crippen molar-refractivity contribution in [3.05, 3.63) is 35.0 Å². The van der Waals surface area contributed by atoms with E-state index in [9.17, 15) is 26.7 Å². The highest BCUT2D eigenvalue weighted by Gasteiger charge is 2.37. The molecule has 1 aromatic carbocycles. The van der Waals surface area contributed by atoms with Gasteiger partial charge in [0.1, 0.15) is 17.3 Å². The highest BCUT2D eigenvalue weighted by Crippen LogP contribution is 2.36. The second-order valence-corrected chi connectivity index (χ2v) is 3.67. The molecule has 1 aromatic heterocycles. The number of aromatic nitrogens is 3. The van der Waals surface area contributed by atoms with Crippen molar-refractivity contribution in [3.63, 3.8) is 0 Å². The Morgan fingerprint density at radius 1 is 1.20 bits per heavy atom. The number of rotatable bonds is 2. The van der Waals surface area contributed by atoms with Gasteiger partial charge >= 0.3 is 6.18 Å². The summed E-state index contributed by atoms with van der Waals surface area (Å²) in [7, 11) is 0. The molecule has 106 valence electrons. The van der Waals surface area contributed by atoms with E-state index in [2.05, 4.69) is 10.2 Å². The number of halogens is 5. The molecule has 0 saturated heterocycles. The number of aromatic amines is 1. The SMILES string of the molecule is NC(=O)c1n[nH]nc1-c1c(F)ccc(C(F)(F)F)c1F. The van der Waals surface area contributed by atoms with E-state index in [0.29, 0.717) is 6.07 Å².